The van der Waals surface area contributed by atoms with E-state index in [-0.39, 0.29) is 5.91 Å². The van der Waals surface area contributed by atoms with Crippen LogP contribution in [0.3, 0.4) is 0 Å². The second-order valence-corrected chi connectivity index (χ2v) is 7.60. The maximum Gasteiger partial charge on any atom is 0.343 e. The lowest BCUT2D eigenvalue weighted by molar-refractivity contribution is -0.127. The van der Waals surface area contributed by atoms with Gasteiger partial charge < -0.3 is 9.47 Å². The van der Waals surface area contributed by atoms with E-state index in [1.165, 1.54) is 6.21 Å². The Hall–Kier alpha value is -3.45. The largest absolute Gasteiger partial charge is 0.480 e. The molecule has 0 radical (unpaired) electrons. The van der Waals surface area contributed by atoms with Gasteiger partial charge in [-0.1, -0.05) is 29.8 Å². The van der Waals surface area contributed by atoms with Crippen LogP contribution < -0.4 is 14.9 Å². The molecule has 3 aromatic rings. The third kappa shape index (κ3) is 6.52. The number of aryl methyl sites for hydroxylation is 1. The molecule has 158 valence electrons. The molecule has 3 rings (SSSR count). The summed E-state index contributed by atoms with van der Waals surface area (Å²) in [6.45, 7) is 3.59. The van der Waals surface area contributed by atoms with Gasteiger partial charge in [-0.2, -0.15) is 5.10 Å². The Kier molecular flexibility index (Phi) is 7.56. The maximum absolute atomic E-state index is 12.2. The smallest absolute Gasteiger partial charge is 0.343 e. The van der Waals surface area contributed by atoms with Crippen molar-refractivity contribution in [1.82, 2.24) is 5.43 Å². The van der Waals surface area contributed by atoms with E-state index in [0.717, 1.165) is 15.6 Å². The molecule has 0 aliphatic heterocycles. The number of hydrazone groups is 1. The molecule has 31 heavy (non-hydrogen) atoms. The van der Waals surface area contributed by atoms with Crippen LogP contribution in [0.1, 0.15) is 28.4 Å². The monoisotopic (exact) mass is 480 g/mol. The lowest BCUT2D eigenvalue weighted by atomic mass is 10.1. The van der Waals surface area contributed by atoms with Crippen molar-refractivity contribution in [3.63, 3.8) is 0 Å². The van der Waals surface area contributed by atoms with Gasteiger partial charge in [-0.15, -0.1) is 0 Å². The van der Waals surface area contributed by atoms with E-state index >= 15 is 0 Å². The average molecular weight is 481 g/mol. The van der Waals surface area contributed by atoms with Crippen LogP contribution in [0.25, 0.3) is 0 Å². The Morgan fingerprint density at radius 1 is 1.00 bits per heavy atom. The van der Waals surface area contributed by atoms with Gasteiger partial charge in [-0.05, 0) is 83.9 Å². The average Bonchev–Trinajstić information content (AvgIpc) is 2.77. The van der Waals surface area contributed by atoms with E-state index in [2.05, 4.69) is 26.5 Å². The minimum Gasteiger partial charge on any atom is -0.480 e. The molecule has 0 spiro atoms. The third-order valence-corrected chi connectivity index (χ3v) is 4.93. The second kappa shape index (κ2) is 10.5. The fourth-order valence-electron chi connectivity index (χ4n) is 2.52. The summed E-state index contributed by atoms with van der Waals surface area (Å²) in [5.41, 5.74) is 4.73. The number of carbonyl (C=O) groups is 2. The summed E-state index contributed by atoms with van der Waals surface area (Å²) in [5.74, 6) is 0.190. The number of hydrogen-bond acceptors (Lipinski definition) is 5. The third-order valence-electron chi connectivity index (χ3n) is 4.28. The van der Waals surface area contributed by atoms with E-state index in [9.17, 15) is 9.59 Å². The van der Waals surface area contributed by atoms with E-state index in [1.807, 2.05) is 37.3 Å². The summed E-state index contributed by atoms with van der Waals surface area (Å²) in [6, 6.07) is 21.2. The van der Waals surface area contributed by atoms with E-state index in [0.29, 0.717) is 17.1 Å². The number of para-hydroxylation sites is 1. The van der Waals surface area contributed by atoms with Gasteiger partial charge in [0.15, 0.2) is 6.10 Å². The molecule has 3 aromatic carbocycles. The molecule has 0 saturated carbocycles. The fraction of sp³-hybridized carbons (Fsp3) is 0.125. The molecule has 0 aliphatic rings. The number of amides is 1. The van der Waals surface area contributed by atoms with E-state index in [1.54, 1.807) is 49.4 Å². The number of esters is 1. The first kappa shape index (κ1) is 22.2. The normalized spacial score (nSPS) is 11.7. The predicted molar refractivity (Wildman–Crippen MR) is 123 cm³/mol. The summed E-state index contributed by atoms with van der Waals surface area (Å²) >= 11 is 3.38. The van der Waals surface area contributed by atoms with Gasteiger partial charge in [0.2, 0.25) is 0 Å². The summed E-state index contributed by atoms with van der Waals surface area (Å²) in [4.78, 5) is 24.3. The summed E-state index contributed by atoms with van der Waals surface area (Å²) in [7, 11) is 0. The van der Waals surface area contributed by atoms with Gasteiger partial charge in [0.05, 0.1) is 16.3 Å². The first-order valence-electron chi connectivity index (χ1n) is 9.55. The van der Waals surface area contributed by atoms with Gasteiger partial charge in [-0.25, -0.2) is 10.2 Å². The molecule has 0 heterocycles. The Morgan fingerprint density at radius 2 is 1.68 bits per heavy atom. The second-order valence-electron chi connectivity index (χ2n) is 6.75. The van der Waals surface area contributed by atoms with Crippen molar-refractivity contribution in [1.29, 1.82) is 0 Å². The highest BCUT2D eigenvalue weighted by molar-refractivity contribution is 9.10. The molecule has 0 saturated heterocycles. The van der Waals surface area contributed by atoms with Gasteiger partial charge in [0.25, 0.3) is 5.91 Å². The molecule has 1 unspecified atom stereocenters. The van der Waals surface area contributed by atoms with Crippen LogP contribution in [0, 0.1) is 6.92 Å². The fourth-order valence-corrected chi connectivity index (χ4v) is 2.90. The Labute approximate surface area is 189 Å². The highest BCUT2D eigenvalue weighted by atomic mass is 79.9. The Balaban J connectivity index is 1.51. The molecule has 1 amide bonds. The van der Waals surface area contributed by atoms with Crippen molar-refractivity contribution in [2.24, 2.45) is 5.10 Å². The lowest BCUT2D eigenvalue weighted by Crippen LogP contribution is -2.33. The number of ether oxygens (including phenoxy) is 2. The number of nitrogens with zero attached hydrogens (tertiary/aromatic N) is 1. The zero-order chi connectivity index (χ0) is 22.2. The predicted octanol–water partition coefficient (Wildman–Crippen LogP) is 4.89. The summed E-state index contributed by atoms with van der Waals surface area (Å²) in [5, 5.41) is 3.95. The van der Waals surface area contributed by atoms with Crippen LogP contribution in [0.15, 0.2) is 82.4 Å². The standard InChI is InChI=1S/C24H21BrN2O4/c1-16-7-11-19(12-8-16)24(29)31-20-13-9-18(10-14-20)15-26-27-23(28)17(2)30-22-6-4-3-5-21(22)25/h3-15,17H,1-2H3,(H,27,28)/b26-15+. The van der Waals surface area contributed by atoms with Crippen molar-refractivity contribution in [2.45, 2.75) is 20.0 Å². The number of carbonyl (C=O) groups excluding carboxylic acids is 2. The van der Waals surface area contributed by atoms with Crippen molar-refractivity contribution < 1.29 is 19.1 Å². The zero-order valence-corrected chi connectivity index (χ0v) is 18.6. The van der Waals surface area contributed by atoms with Gasteiger partial charge in [-0.3, -0.25) is 4.79 Å². The lowest BCUT2D eigenvalue weighted by Gasteiger charge is -2.13. The van der Waals surface area contributed by atoms with Crippen LogP contribution in [0.2, 0.25) is 0 Å². The molecule has 0 fully saturated rings. The number of benzene rings is 3. The van der Waals surface area contributed by atoms with Crippen LogP contribution in [-0.4, -0.2) is 24.2 Å². The zero-order valence-electron chi connectivity index (χ0n) is 17.0. The molecule has 0 aromatic heterocycles. The molecular weight excluding hydrogens is 460 g/mol. The first-order valence-corrected chi connectivity index (χ1v) is 10.3. The molecule has 0 bridgehead atoms. The van der Waals surface area contributed by atoms with Gasteiger partial charge in [0, 0.05) is 0 Å². The first-order chi connectivity index (χ1) is 14.9. The Bertz CT molecular complexity index is 1080. The van der Waals surface area contributed by atoms with Crippen molar-refractivity contribution in [3.8, 4) is 11.5 Å². The number of halogens is 1. The molecule has 0 aliphatic carbocycles. The van der Waals surface area contributed by atoms with Crippen LogP contribution in [0.5, 0.6) is 11.5 Å². The van der Waals surface area contributed by atoms with Crippen molar-refractivity contribution in [3.05, 3.63) is 94.0 Å². The van der Waals surface area contributed by atoms with Crippen molar-refractivity contribution >= 4 is 34.0 Å². The molecule has 7 heteroatoms. The van der Waals surface area contributed by atoms with Gasteiger partial charge in [0.1, 0.15) is 11.5 Å². The molecule has 1 atom stereocenters. The topological polar surface area (TPSA) is 77.0 Å². The summed E-state index contributed by atoms with van der Waals surface area (Å²) in [6.07, 6.45) is 0.772. The minimum atomic E-state index is -0.723. The molecular formula is C24H21BrN2O4. The molecule has 6 nitrogen and oxygen atoms in total. The van der Waals surface area contributed by atoms with Crippen LogP contribution in [0.4, 0.5) is 0 Å². The Morgan fingerprint density at radius 3 is 2.35 bits per heavy atom. The van der Waals surface area contributed by atoms with E-state index in [4.69, 9.17) is 9.47 Å². The number of hydrogen-bond donors (Lipinski definition) is 1. The minimum absolute atomic E-state index is 0.379. The van der Waals surface area contributed by atoms with Crippen LogP contribution in [-0.2, 0) is 4.79 Å². The van der Waals surface area contributed by atoms with Crippen molar-refractivity contribution in [2.75, 3.05) is 0 Å². The number of rotatable bonds is 7. The quantitative estimate of drug-likeness (QED) is 0.226. The van der Waals surface area contributed by atoms with E-state index < -0.39 is 12.1 Å². The van der Waals surface area contributed by atoms with Gasteiger partial charge >= 0.3 is 5.97 Å². The molecule has 1 N–H and O–H groups in total. The summed E-state index contributed by atoms with van der Waals surface area (Å²) < 4.78 is 11.8. The number of nitrogens with one attached hydrogen (secondary N) is 1. The highest BCUT2D eigenvalue weighted by Gasteiger charge is 2.15. The SMILES string of the molecule is Cc1ccc(C(=O)Oc2ccc(/C=N/NC(=O)C(C)Oc3ccccc3Br)cc2)cc1. The van der Waals surface area contributed by atoms with Crippen LogP contribution >= 0.6 is 15.9 Å². The maximum atomic E-state index is 12.2. The highest BCUT2D eigenvalue weighted by Crippen LogP contribution is 2.24.